The summed E-state index contributed by atoms with van der Waals surface area (Å²) < 4.78 is 36.8. The molecule has 1 fully saturated rings. The van der Waals surface area contributed by atoms with Crippen LogP contribution in [0, 0.1) is 11.3 Å². The van der Waals surface area contributed by atoms with Crippen molar-refractivity contribution in [3.8, 4) is 28.7 Å². The fraction of sp³-hybridized carbons (Fsp3) is 0.250. The third-order valence-electron chi connectivity index (χ3n) is 5.06. The lowest BCUT2D eigenvalue weighted by atomic mass is 9.99. The number of nitriles is 1. The van der Waals surface area contributed by atoms with Gasteiger partial charge in [0.25, 0.3) is 0 Å². The van der Waals surface area contributed by atoms with E-state index in [1.165, 1.54) is 25.4 Å². The second kappa shape index (κ2) is 6.74. The Morgan fingerprint density at radius 2 is 2.07 bits per heavy atom. The summed E-state index contributed by atoms with van der Waals surface area (Å²) >= 11 is 0. The van der Waals surface area contributed by atoms with Gasteiger partial charge in [0.1, 0.15) is 17.1 Å². The highest BCUT2D eigenvalue weighted by atomic mass is 19.3. The number of aromatic nitrogens is 2. The highest BCUT2D eigenvalue weighted by Crippen LogP contribution is 2.47. The molecule has 1 saturated carbocycles. The van der Waals surface area contributed by atoms with Gasteiger partial charge in [-0.25, -0.2) is 9.31 Å². The van der Waals surface area contributed by atoms with Gasteiger partial charge in [-0.3, -0.25) is 0 Å². The van der Waals surface area contributed by atoms with Crippen LogP contribution in [0.1, 0.15) is 28.8 Å². The maximum atomic E-state index is 12.8. The van der Waals surface area contributed by atoms with Crippen molar-refractivity contribution in [1.82, 2.24) is 9.61 Å². The molecule has 4 rings (SSSR count). The number of pyridine rings is 1. The second-order valence-corrected chi connectivity index (χ2v) is 6.74. The van der Waals surface area contributed by atoms with Gasteiger partial charge < -0.3 is 14.6 Å². The van der Waals surface area contributed by atoms with Gasteiger partial charge in [-0.2, -0.15) is 19.1 Å². The Morgan fingerprint density at radius 1 is 1.34 bits per heavy atom. The molecule has 1 aliphatic rings. The molecule has 0 bridgehead atoms. The van der Waals surface area contributed by atoms with E-state index >= 15 is 0 Å². The highest BCUT2D eigenvalue weighted by Gasteiger charge is 2.45. The summed E-state index contributed by atoms with van der Waals surface area (Å²) in [5.41, 5.74) is 1.56. The Balaban J connectivity index is 1.85. The first-order chi connectivity index (χ1) is 13.9. The van der Waals surface area contributed by atoms with Crippen molar-refractivity contribution in [2.45, 2.75) is 24.9 Å². The molecular weight excluding hydrogens is 384 g/mol. The predicted molar refractivity (Wildman–Crippen MR) is 97.3 cm³/mol. The van der Waals surface area contributed by atoms with Crippen molar-refractivity contribution < 1.29 is 28.2 Å². The number of hydrogen-bond acceptors (Lipinski definition) is 5. The van der Waals surface area contributed by atoms with Crippen LogP contribution in [-0.2, 0) is 5.41 Å². The van der Waals surface area contributed by atoms with Crippen LogP contribution in [0.3, 0.4) is 0 Å². The van der Waals surface area contributed by atoms with Gasteiger partial charge in [0, 0.05) is 11.8 Å². The second-order valence-electron chi connectivity index (χ2n) is 6.74. The molecule has 3 aromatic rings. The molecule has 7 nitrogen and oxygen atoms in total. The van der Waals surface area contributed by atoms with Crippen molar-refractivity contribution in [3.05, 3.63) is 47.8 Å². The number of alkyl halides is 2. The van der Waals surface area contributed by atoms with E-state index in [0.717, 1.165) is 18.4 Å². The van der Waals surface area contributed by atoms with Gasteiger partial charge in [-0.15, -0.1) is 0 Å². The quantitative estimate of drug-likeness (QED) is 0.676. The minimum atomic E-state index is -3.19. The molecule has 0 unspecified atom stereocenters. The smallest absolute Gasteiger partial charge is 0.387 e. The van der Waals surface area contributed by atoms with Crippen molar-refractivity contribution in [2.75, 3.05) is 7.11 Å². The topological polar surface area (TPSA) is 96.9 Å². The molecule has 0 amide bonds. The number of rotatable bonds is 6. The van der Waals surface area contributed by atoms with E-state index in [9.17, 15) is 23.9 Å². The number of carboxylic acids is 1. The SMILES string of the molecule is COc1cc(-c2cnn3cc(C4(C#N)CC4)ccc23)cc(OC(F)F)c1C(=O)O. The Kier molecular flexibility index (Phi) is 4.34. The highest BCUT2D eigenvalue weighted by molar-refractivity contribution is 5.96. The molecular formula is C20H15F2N3O4. The van der Waals surface area contributed by atoms with Crippen LogP contribution < -0.4 is 9.47 Å². The van der Waals surface area contributed by atoms with Crippen LogP contribution in [-0.4, -0.2) is 34.4 Å². The van der Waals surface area contributed by atoms with E-state index < -0.39 is 29.3 Å². The van der Waals surface area contributed by atoms with Gasteiger partial charge in [0.15, 0.2) is 0 Å². The zero-order valence-electron chi connectivity index (χ0n) is 15.2. The number of hydrogen-bond donors (Lipinski definition) is 1. The number of ether oxygens (including phenoxy) is 2. The van der Waals surface area contributed by atoms with Gasteiger partial charge in [0.05, 0.1) is 30.3 Å². The molecule has 1 aromatic carbocycles. The Labute approximate surface area is 163 Å². The Hall–Kier alpha value is -3.67. The van der Waals surface area contributed by atoms with E-state index in [1.807, 2.05) is 6.07 Å². The molecule has 9 heteroatoms. The normalized spacial score (nSPS) is 14.6. The number of nitrogens with zero attached hydrogens (tertiary/aromatic N) is 3. The number of methoxy groups -OCH3 is 1. The first kappa shape index (κ1) is 18.7. The fourth-order valence-corrected chi connectivity index (χ4v) is 3.39. The molecule has 148 valence electrons. The van der Waals surface area contributed by atoms with Crippen molar-refractivity contribution >= 4 is 11.5 Å². The molecule has 0 radical (unpaired) electrons. The van der Waals surface area contributed by atoms with E-state index in [1.54, 1.807) is 16.8 Å². The average Bonchev–Trinajstić information content (AvgIpc) is 3.38. The third kappa shape index (κ3) is 3.12. The lowest BCUT2D eigenvalue weighted by molar-refractivity contribution is -0.0503. The van der Waals surface area contributed by atoms with Crippen LogP contribution >= 0.6 is 0 Å². The van der Waals surface area contributed by atoms with Gasteiger partial charge in [-0.1, -0.05) is 6.07 Å². The summed E-state index contributed by atoms with van der Waals surface area (Å²) in [5.74, 6) is -2.05. The minimum absolute atomic E-state index is 0.108. The third-order valence-corrected chi connectivity index (χ3v) is 5.06. The lowest BCUT2D eigenvalue weighted by Crippen LogP contribution is -2.09. The van der Waals surface area contributed by atoms with Crippen LogP contribution in [0.2, 0.25) is 0 Å². The number of halogens is 2. The minimum Gasteiger partial charge on any atom is -0.496 e. The van der Waals surface area contributed by atoms with Crippen LogP contribution in [0.15, 0.2) is 36.7 Å². The van der Waals surface area contributed by atoms with Crippen molar-refractivity contribution in [3.63, 3.8) is 0 Å². The average molecular weight is 399 g/mol. The summed E-state index contributed by atoms with van der Waals surface area (Å²) in [7, 11) is 1.25. The molecule has 2 aromatic heterocycles. The molecule has 1 N–H and O–H groups in total. The number of carboxylic acid groups (broad SMARTS) is 1. The predicted octanol–water partition coefficient (Wildman–Crippen LogP) is 3.86. The number of aromatic carboxylic acids is 1. The van der Waals surface area contributed by atoms with Crippen molar-refractivity contribution in [2.24, 2.45) is 0 Å². The first-order valence-corrected chi connectivity index (χ1v) is 8.68. The van der Waals surface area contributed by atoms with E-state index in [0.29, 0.717) is 16.6 Å². The van der Waals surface area contributed by atoms with Crippen LogP contribution in [0.5, 0.6) is 11.5 Å². The zero-order valence-corrected chi connectivity index (χ0v) is 15.2. The molecule has 0 atom stereocenters. The standard InChI is InChI=1S/C20H15F2N3O4/c1-28-15-6-11(7-16(29-19(21)22)17(15)18(26)27)13-8-24-25-9-12(2-3-14(13)25)20(10-23)4-5-20/h2-3,6-9,19H,4-5H2,1H3,(H,26,27). The fourth-order valence-electron chi connectivity index (χ4n) is 3.39. The van der Waals surface area contributed by atoms with E-state index in [2.05, 4.69) is 15.9 Å². The Bertz CT molecular complexity index is 1160. The first-order valence-electron chi connectivity index (χ1n) is 8.68. The number of carbonyl (C=O) groups is 1. The van der Waals surface area contributed by atoms with Crippen molar-refractivity contribution in [1.29, 1.82) is 5.26 Å². The molecule has 0 saturated heterocycles. The molecule has 1 aliphatic carbocycles. The molecule has 0 aliphatic heterocycles. The molecule has 2 heterocycles. The lowest BCUT2D eigenvalue weighted by Gasteiger charge is -2.14. The monoisotopic (exact) mass is 399 g/mol. The number of benzene rings is 1. The molecule has 0 spiro atoms. The molecule has 29 heavy (non-hydrogen) atoms. The van der Waals surface area contributed by atoms with Crippen LogP contribution in [0.25, 0.3) is 16.6 Å². The summed E-state index contributed by atoms with van der Waals surface area (Å²) in [4.78, 5) is 11.5. The summed E-state index contributed by atoms with van der Waals surface area (Å²) in [6, 6.07) is 8.62. The van der Waals surface area contributed by atoms with Gasteiger partial charge in [-0.05, 0) is 42.2 Å². The summed E-state index contributed by atoms with van der Waals surface area (Å²) in [5, 5.41) is 23.0. The van der Waals surface area contributed by atoms with Gasteiger partial charge in [0.2, 0.25) is 0 Å². The zero-order chi connectivity index (χ0) is 20.8. The van der Waals surface area contributed by atoms with Crippen LogP contribution in [0.4, 0.5) is 8.78 Å². The van der Waals surface area contributed by atoms with E-state index in [4.69, 9.17) is 4.74 Å². The largest absolute Gasteiger partial charge is 0.496 e. The Morgan fingerprint density at radius 3 is 2.66 bits per heavy atom. The maximum absolute atomic E-state index is 12.8. The maximum Gasteiger partial charge on any atom is 0.387 e. The summed E-state index contributed by atoms with van der Waals surface area (Å²) in [6.07, 6.45) is 4.90. The number of fused-ring (bicyclic) bond motifs is 1. The van der Waals surface area contributed by atoms with Gasteiger partial charge >= 0.3 is 12.6 Å². The summed E-state index contributed by atoms with van der Waals surface area (Å²) in [6.45, 7) is -3.19. The van der Waals surface area contributed by atoms with E-state index in [-0.39, 0.29) is 5.75 Å².